The van der Waals surface area contributed by atoms with Crippen LogP contribution in [0.5, 0.6) is 0 Å². The van der Waals surface area contributed by atoms with Gasteiger partial charge in [-0.25, -0.2) is 0 Å². The van der Waals surface area contributed by atoms with Gasteiger partial charge in [0.05, 0.1) is 26.4 Å². The summed E-state index contributed by atoms with van der Waals surface area (Å²) in [4.78, 5) is 12.9. The fraction of sp³-hybridized carbons (Fsp3) is 0.780. The number of hydrogen-bond donors (Lipinski definition) is 7. The van der Waals surface area contributed by atoms with Gasteiger partial charge in [0.1, 0.15) is 54.9 Å². The zero-order valence-electron chi connectivity index (χ0n) is 39.0. The highest BCUT2D eigenvalue weighted by atomic mass is 16.7. The highest BCUT2D eigenvalue weighted by Gasteiger charge is 2.47. The lowest BCUT2D eigenvalue weighted by Crippen LogP contribution is -2.61. The minimum absolute atomic E-state index is 0.0431. The summed E-state index contributed by atoms with van der Waals surface area (Å²) in [5, 5.41) is 72.0. The number of unbranched alkanes of at least 4 members (excludes halogenated alkanes) is 13. The molecule has 0 aromatic carbocycles. The molecule has 14 heteroatoms. The first kappa shape index (κ1) is 57.8. The van der Waals surface area contributed by atoms with Crippen LogP contribution in [-0.2, 0) is 33.2 Å². The van der Waals surface area contributed by atoms with Gasteiger partial charge in [-0.15, -0.1) is 0 Å². The lowest BCUT2D eigenvalue weighted by Gasteiger charge is -2.42. The summed E-state index contributed by atoms with van der Waals surface area (Å²) in [5.41, 5.74) is 0. The van der Waals surface area contributed by atoms with Crippen molar-refractivity contribution in [2.24, 2.45) is 0 Å². The Labute approximate surface area is 384 Å². The predicted molar refractivity (Wildman–Crippen MR) is 247 cm³/mol. The SMILES string of the molecule is CC/C=C\C/C=C\C/C=C\C/C=C\C/C=C\CCCCCCOCC(COC1OC(COC2OC(CO)C(O)C(O)C2O)C(O)C(O)C1O)OC(=O)CCCCCCCCCCCC. The van der Waals surface area contributed by atoms with Gasteiger partial charge in [0.15, 0.2) is 12.6 Å². The fourth-order valence-corrected chi connectivity index (χ4v) is 7.31. The van der Waals surface area contributed by atoms with Gasteiger partial charge in [-0.05, 0) is 57.8 Å². The van der Waals surface area contributed by atoms with Crippen LogP contribution in [0.1, 0.15) is 149 Å². The van der Waals surface area contributed by atoms with Crippen LogP contribution in [0.15, 0.2) is 60.8 Å². The molecular formula is C50H86O14. The first-order valence-electron chi connectivity index (χ1n) is 24.4. The number of allylic oxidation sites excluding steroid dienone is 10. The van der Waals surface area contributed by atoms with E-state index in [1.54, 1.807) is 0 Å². The number of esters is 1. The molecule has 11 atom stereocenters. The maximum Gasteiger partial charge on any atom is 0.306 e. The van der Waals surface area contributed by atoms with Crippen LogP contribution in [-0.4, -0.2) is 142 Å². The molecule has 0 bridgehead atoms. The smallest absolute Gasteiger partial charge is 0.306 e. The molecule has 2 saturated heterocycles. The van der Waals surface area contributed by atoms with Crippen molar-refractivity contribution in [1.82, 2.24) is 0 Å². The van der Waals surface area contributed by atoms with Gasteiger partial charge in [-0.1, -0.05) is 145 Å². The molecule has 0 saturated carbocycles. The molecule has 11 unspecified atom stereocenters. The van der Waals surface area contributed by atoms with E-state index in [9.17, 15) is 40.5 Å². The molecule has 64 heavy (non-hydrogen) atoms. The minimum atomic E-state index is -1.71. The van der Waals surface area contributed by atoms with Gasteiger partial charge >= 0.3 is 5.97 Å². The Morgan fingerprint density at radius 1 is 0.531 bits per heavy atom. The summed E-state index contributed by atoms with van der Waals surface area (Å²) < 4.78 is 34.1. The summed E-state index contributed by atoms with van der Waals surface area (Å²) in [6.45, 7) is 3.47. The Morgan fingerprint density at radius 2 is 1.02 bits per heavy atom. The molecule has 0 radical (unpaired) electrons. The van der Waals surface area contributed by atoms with Crippen molar-refractivity contribution in [3.63, 3.8) is 0 Å². The molecule has 0 aromatic rings. The third kappa shape index (κ3) is 25.6. The molecule has 370 valence electrons. The van der Waals surface area contributed by atoms with Crippen molar-refractivity contribution < 1.29 is 69.0 Å². The van der Waals surface area contributed by atoms with Crippen LogP contribution in [0, 0.1) is 0 Å². The van der Waals surface area contributed by atoms with Crippen LogP contribution in [0.2, 0.25) is 0 Å². The van der Waals surface area contributed by atoms with Crippen molar-refractivity contribution in [2.45, 2.75) is 216 Å². The number of hydrogen-bond acceptors (Lipinski definition) is 14. The molecule has 2 aliphatic rings. The van der Waals surface area contributed by atoms with Crippen LogP contribution in [0.25, 0.3) is 0 Å². The van der Waals surface area contributed by atoms with E-state index in [1.165, 1.54) is 38.5 Å². The molecular weight excluding hydrogens is 825 g/mol. The van der Waals surface area contributed by atoms with E-state index in [0.717, 1.165) is 83.5 Å². The number of carbonyl (C=O) groups is 1. The van der Waals surface area contributed by atoms with Crippen molar-refractivity contribution in [3.8, 4) is 0 Å². The molecule has 2 heterocycles. The second-order valence-electron chi connectivity index (χ2n) is 16.9. The van der Waals surface area contributed by atoms with E-state index in [4.69, 9.17) is 28.4 Å². The summed E-state index contributed by atoms with van der Waals surface area (Å²) in [6.07, 6.45) is 27.2. The number of aliphatic hydroxyl groups excluding tert-OH is 7. The van der Waals surface area contributed by atoms with Gasteiger partial charge in [0.2, 0.25) is 0 Å². The molecule has 2 aliphatic heterocycles. The molecule has 2 fully saturated rings. The van der Waals surface area contributed by atoms with Crippen molar-refractivity contribution in [2.75, 3.05) is 33.0 Å². The normalized spacial score (nSPS) is 27.3. The van der Waals surface area contributed by atoms with Gasteiger partial charge in [0, 0.05) is 13.0 Å². The Balaban J connectivity index is 1.78. The maximum absolute atomic E-state index is 12.9. The standard InChI is InChI=1S/C50H86O14/c1-3-5-7-9-11-13-15-16-17-18-19-20-21-22-23-24-26-28-30-32-34-59-36-39(62-42(52)33-31-29-27-25-14-12-10-8-6-4-2)37-60-49-48(58)46(56)44(54)41(64-49)38-61-50-47(57)45(55)43(53)40(35-51)63-50/h5,7,11,13,16-17,19-20,22-23,39-41,43-51,53-58H,3-4,6,8-10,12,14-15,18,21,24-38H2,1-2H3/b7-5-,13-11-,17-16-,20-19-,23-22-. The van der Waals surface area contributed by atoms with E-state index >= 15 is 0 Å². The van der Waals surface area contributed by atoms with Gasteiger partial charge in [0.25, 0.3) is 0 Å². The summed E-state index contributed by atoms with van der Waals surface area (Å²) in [6, 6.07) is 0. The third-order valence-electron chi connectivity index (χ3n) is 11.3. The van der Waals surface area contributed by atoms with E-state index in [0.29, 0.717) is 13.0 Å². The number of rotatable bonds is 37. The quantitative estimate of drug-likeness (QED) is 0.0200. The van der Waals surface area contributed by atoms with E-state index in [-0.39, 0.29) is 19.6 Å². The predicted octanol–water partition coefficient (Wildman–Crippen LogP) is 6.57. The first-order chi connectivity index (χ1) is 31.1. The highest BCUT2D eigenvalue weighted by Crippen LogP contribution is 2.26. The number of carbonyl (C=O) groups excluding carboxylic acids is 1. The molecule has 0 amide bonds. The Morgan fingerprint density at radius 3 is 1.59 bits per heavy atom. The average molecular weight is 911 g/mol. The molecule has 7 N–H and O–H groups in total. The van der Waals surface area contributed by atoms with Gasteiger partial charge in [-0.3, -0.25) is 4.79 Å². The Kier molecular flexibility index (Phi) is 34.1. The second-order valence-corrected chi connectivity index (χ2v) is 16.9. The van der Waals surface area contributed by atoms with E-state index < -0.39 is 86.7 Å². The largest absolute Gasteiger partial charge is 0.457 e. The number of aliphatic hydroxyl groups is 7. The van der Waals surface area contributed by atoms with Crippen molar-refractivity contribution >= 4 is 5.97 Å². The lowest BCUT2D eigenvalue weighted by atomic mass is 9.98. The molecule has 0 aromatic heterocycles. The zero-order chi connectivity index (χ0) is 46.6. The minimum Gasteiger partial charge on any atom is -0.457 e. The van der Waals surface area contributed by atoms with Gasteiger partial charge < -0.3 is 64.2 Å². The maximum atomic E-state index is 12.9. The third-order valence-corrected chi connectivity index (χ3v) is 11.3. The summed E-state index contributed by atoms with van der Waals surface area (Å²) in [7, 11) is 0. The van der Waals surface area contributed by atoms with Crippen LogP contribution >= 0.6 is 0 Å². The second kappa shape index (κ2) is 37.7. The Bertz CT molecular complexity index is 1290. The fourth-order valence-electron chi connectivity index (χ4n) is 7.31. The van der Waals surface area contributed by atoms with Crippen LogP contribution < -0.4 is 0 Å². The highest BCUT2D eigenvalue weighted by molar-refractivity contribution is 5.69. The lowest BCUT2D eigenvalue weighted by molar-refractivity contribution is -0.332. The molecule has 14 nitrogen and oxygen atoms in total. The van der Waals surface area contributed by atoms with Gasteiger partial charge in [-0.2, -0.15) is 0 Å². The molecule has 2 rings (SSSR count). The topological polar surface area (TPSA) is 214 Å². The van der Waals surface area contributed by atoms with Crippen molar-refractivity contribution in [1.29, 1.82) is 0 Å². The monoisotopic (exact) mass is 911 g/mol. The van der Waals surface area contributed by atoms with E-state index in [2.05, 4.69) is 74.6 Å². The average Bonchev–Trinajstić information content (AvgIpc) is 3.29. The summed E-state index contributed by atoms with van der Waals surface area (Å²) in [5.74, 6) is -0.391. The molecule has 0 aliphatic carbocycles. The van der Waals surface area contributed by atoms with E-state index in [1.807, 2.05) is 0 Å². The summed E-state index contributed by atoms with van der Waals surface area (Å²) >= 11 is 0. The zero-order valence-corrected chi connectivity index (χ0v) is 39.0. The Hall–Kier alpha value is -2.31. The first-order valence-corrected chi connectivity index (χ1v) is 24.4. The van der Waals surface area contributed by atoms with Crippen LogP contribution in [0.3, 0.4) is 0 Å². The molecule has 0 spiro atoms. The number of ether oxygens (including phenoxy) is 6. The van der Waals surface area contributed by atoms with Crippen molar-refractivity contribution in [3.05, 3.63) is 60.8 Å². The van der Waals surface area contributed by atoms with Crippen LogP contribution in [0.4, 0.5) is 0 Å².